The first kappa shape index (κ1) is 11.8. The normalized spacial score (nSPS) is 25.7. The Morgan fingerprint density at radius 1 is 1.44 bits per heavy atom. The van der Waals surface area contributed by atoms with Crippen LogP contribution in [0.15, 0.2) is 0 Å². The molecule has 2 unspecified atom stereocenters. The predicted molar refractivity (Wildman–Crippen MR) is 67.2 cm³/mol. The Balaban J connectivity index is 2.20. The number of rotatable bonds is 2. The molecule has 0 saturated heterocycles. The first-order valence-corrected chi connectivity index (χ1v) is 6.88. The number of thiazole rings is 1. The van der Waals surface area contributed by atoms with Crippen LogP contribution in [0.1, 0.15) is 65.8 Å². The first-order valence-electron chi connectivity index (χ1n) is 6.06. The minimum Gasteiger partial charge on any atom is -0.294 e. The Bertz CT molecular complexity index is 397. The molecule has 0 radical (unpaired) electrons. The third-order valence-corrected chi connectivity index (χ3v) is 4.84. The van der Waals surface area contributed by atoms with Gasteiger partial charge < -0.3 is 0 Å². The molecule has 2 atom stereocenters. The molecule has 0 amide bonds. The van der Waals surface area contributed by atoms with E-state index < -0.39 is 0 Å². The van der Waals surface area contributed by atoms with Gasteiger partial charge >= 0.3 is 0 Å². The van der Waals surface area contributed by atoms with Crippen molar-refractivity contribution in [1.82, 2.24) is 4.98 Å². The summed E-state index contributed by atoms with van der Waals surface area (Å²) in [4.78, 5) is 16.8. The van der Waals surface area contributed by atoms with Crippen LogP contribution in [0.4, 0.5) is 0 Å². The lowest BCUT2D eigenvalue weighted by Gasteiger charge is -2.24. The summed E-state index contributed by atoms with van der Waals surface area (Å²) in [5, 5.41) is 1.19. The van der Waals surface area contributed by atoms with Crippen LogP contribution >= 0.6 is 11.3 Å². The maximum Gasteiger partial charge on any atom is 0.171 e. The minimum absolute atomic E-state index is 0.158. The van der Waals surface area contributed by atoms with E-state index >= 15 is 0 Å². The number of aryl methyl sites for hydroxylation is 1. The van der Waals surface area contributed by atoms with Gasteiger partial charge in [0.25, 0.3) is 0 Å². The Labute approximate surface area is 101 Å². The minimum atomic E-state index is 0.158. The Hall–Kier alpha value is -0.700. The van der Waals surface area contributed by atoms with E-state index in [0.29, 0.717) is 5.92 Å². The molecule has 1 aliphatic carbocycles. The maximum atomic E-state index is 11.4. The summed E-state index contributed by atoms with van der Waals surface area (Å²) in [6, 6.07) is 0. The van der Waals surface area contributed by atoms with Crippen molar-refractivity contribution in [1.29, 1.82) is 0 Å². The Kier molecular flexibility index (Phi) is 3.43. The lowest BCUT2D eigenvalue weighted by Crippen LogP contribution is -2.11. The zero-order valence-corrected chi connectivity index (χ0v) is 11.1. The maximum absolute atomic E-state index is 11.4. The largest absolute Gasteiger partial charge is 0.294 e. The van der Waals surface area contributed by atoms with Crippen molar-refractivity contribution in [3.63, 3.8) is 0 Å². The summed E-state index contributed by atoms with van der Waals surface area (Å²) in [5.41, 5.74) is 0.922. The van der Waals surface area contributed by atoms with Crippen LogP contribution in [-0.2, 0) is 0 Å². The highest BCUT2D eigenvalue weighted by Gasteiger charge is 2.24. The zero-order valence-electron chi connectivity index (χ0n) is 10.2. The monoisotopic (exact) mass is 237 g/mol. The van der Waals surface area contributed by atoms with Gasteiger partial charge in [-0.3, -0.25) is 4.79 Å². The van der Waals surface area contributed by atoms with Crippen molar-refractivity contribution >= 4 is 17.1 Å². The van der Waals surface area contributed by atoms with E-state index in [1.165, 1.54) is 30.7 Å². The molecule has 0 bridgehead atoms. The fraction of sp³-hybridized carbons (Fsp3) is 0.692. The highest BCUT2D eigenvalue weighted by Crippen LogP contribution is 2.38. The fourth-order valence-electron chi connectivity index (χ4n) is 2.58. The molecule has 0 N–H and O–H groups in total. The van der Waals surface area contributed by atoms with Crippen LogP contribution in [0.2, 0.25) is 0 Å². The molecule has 3 heteroatoms. The molecule has 1 heterocycles. The molecule has 0 aliphatic heterocycles. The highest BCUT2D eigenvalue weighted by atomic mass is 32.1. The molecule has 1 aromatic heterocycles. The second-order valence-electron chi connectivity index (χ2n) is 4.99. The van der Waals surface area contributed by atoms with Gasteiger partial charge in [0.15, 0.2) is 5.78 Å². The zero-order chi connectivity index (χ0) is 11.7. The molecule has 0 spiro atoms. The number of ketones is 1. The third kappa shape index (κ3) is 2.34. The van der Waals surface area contributed by atoms with E-state index in [2.05, 4.69) is 11.9 Å². The smallest absolute Gasteiger partial charge is 0.171 e. The predicted octanol–water partition coefficient (Wildman–Crippen LogP) is 3.95. The van der Waals surface area contributed by atoms with E-state index in [9.17, 15) is 4.79 Å². The summed E-state index contributed by atoms with van der Waals surface area (Å²) < 4.78 is 0. The van der Waals surface area contributed by atoms with Crippen molar-refractivity contribution in [3.8, 4) is 0 Å². The summed E-state index contributed by atoms with van der Waals surface area (Å²) >= 11 is 1.62. The molecule has 16 heavy (non-hydrogen) atoms. The van der Waals surface area contributed by atoms with Crippen LogP contribution in [0.5, 0.6) is 0 Å². The summed E-state index contributed by atoms with van der Waals surface area (Å²) in [6.07, 6.45) is 5.14. The summed E-state index contributed by atoms with van der Waals surface area (Å²) in [6.45, 7) is 5.90. The molecule has 2 rings (SSSR count). The molecule has 1 fully saturated rings. The van der Waals surface area contributed by atoms with Gasteiger partial charge in [0.1, 0.15) is 0 Å². The molecule has 1 saturated carbocycles. The van der Waals surface area contributed by atoms with Gasteiger partial charge in [0.2, 0.25) is 0 Å². The molecule has 2 nitrogen and oxygen atoms in total. The number of Topliss-reactive ketones (excluding diaryl/α,β-unsaturated/α-hetero) is 1. The van der Waals surface area contributed by atoms with Gasteiger partial charge in [-0.1, -0.05) is 19.8 Å². The van der Waals surface area contributed by atoms with Crippen LogP contribution < -0.4 is 0 Å². The summed E-state index contributed by atoms with van der Waals surface area (Å²) in [7, 11) is 0. The van der Waals surface area contributed by atoms with Gasteiger partial charge in [-0.15, -0.1) is 11.3 Å². The van der Waals surface area contributed by atoms with Crippen molar-refractivity contribution in [3.05, 3.63) is 15.6 Å². The van der Waals surface area contributed by atoms with Crippen molar-refractivity contribution in [2.24, 2.45) is 5.92 Å². The van der Waals surface area contributed by atoms with Gasteiger partial charge in [-0.25, -0.2) is 4.98 Å². The van der Waals surface area contributed by atoms with Crippen LogP contribution in [-0.4, -0.2) is 10.8 Å². The van der Waals surface area contributed by atoms with Gasteiger partial charge in [0.05, 0.1) is 15.6 Å². The van der Waals surface area contributed by atoms with E-state index in [-0.39, 0.29) is 5.78 Å². The summed E-state index contributed by atoms with van der Waals surface area (Å²) in [5.74, 6) is 1.56. The number of aromatic nitrogens is 1. The quantitative estimate of drug-likeness (QED) is 0.729. The Morgan fingerprint density at radius 3 is 2.75 bits per heavy atom. The fourth-order valence-corrected chi connectivity index (χ4v) is 3.69. The topological polar surface area (TPSA) is 30.0 Å². The molecule has 88 valence electrons. The standard InChI is InChI=1S/C13H19NOS/c1-8-5-4-6-11(7-8)13-14-9(2)12(16-13)10(3)15/h8,11H,4-7H2,1-3H3. The van der Waals surface area contributed by atoms with Crippen molar-refractivity contribution in [2.45, 2.75) is 52.4 Å². The lowest BCUT2D eigenvalue weighted by atomic mass is 9.83. The van der Waals surface area contributed by atoms with E-state index in [0.717, 1.165) is 16.5 Å². The van der Waals surface area contributed by atoms with Gasteiger partial charge in [-0.05, 0) is 25.7 Å². The van der Waals surface area contributed by atoms with Gasteiger partial charge in [-0.2, -0.15) is 0 Å². The van der Waals surface area contributed by atoms with Gasteiger partial charge in [0, 0.05) is 12.8 Å². The number of carbonyl (C=O) groups is 1. The van der Waals surface area contributed by atoms with E-state index in [1.807, 2.05) is 6.92 Å². The van der Waals surface area contributed by atoms with E-state index in [4.69, 9.17) is 0 Å². The number of nitrogens with zero attached hydrogens (tertiary/aromatic N) is 1. The number of carbonyl (C=O) groups excluding carboxylic acids is 1. The Morgan fingerprint density at radius 2 is 2.19 bits per heavy atom. The molecular weight excluding hydrogens is 218 g/mol. The second-order valence-corrected chi connectivity index (χ2v) is 6.02. The van der Waals surface area contributed by atoms with E-state index in [1.54, 1.807) is 18.3 Å². The van der Waals surface area contributed by atoms with Crippen LogP contribution in [0.3, 0.4) is 0 Å². The SMILES string of the molecule is CC(=O)c1sc(C2CCCC(C)C2)nc1C. The van der Waals surface area contributed by atoms with Crippen LogP contribution in [0.25, 0.3) is 0 Å². The third-order valence-electron chi connectivity index (χ3n) is 3.42. The molecule has 1 aromatic rings. The average molecular weight is 237 g/mol. The number of hydrogen-bond acceptors (Lipinski definition) is 3. The lowest BCUT2D eigenvalue weighted by molar-refractivity contribution is 0.102. The molecular formula is C13H19NOS. The second kappa shape index (κ2) is 4.66. The molecule has 0 aromatic carbocycles. The number of hydrogen-bond donors (Lipinski definition) is 0. The first-order chi connectivity index (χ1) is 7.58. The highest BCUT2D eigenvalue weighted by molar-refractivity contribution is 7.13. The van der Waals surface area contributed by atoms with Crippen LogP contribution in [0, 0.1) is 12.8 Å². The average Bonchev–Trinajstić information content (AvgIpc) is 2.60. The molecule has 1 aliphatic rings. The van der Waals surface area contributed by atoms with Crippen molar-refractivity contribution < 1.29 is 4.79 Å². The van der Waals surface area contributed by atoms with Crippen molar-refractivity contribution in [2.75, 3.05) is 0 Å².